The fraction of sp³-hybridized carbons (Fsp3) is 0.300. The van der Waals surface area contributed by atoms with E-state index in [1.165, 1.54) is 17.5 Å². The summed E-state index contributed by atoms with van der Waals surface area (Å²) >= 11 is 7.43. The Balaban J connectivity index is 1.78. The molecule has 0 aliphatic rings. The zero-order valence-electron chi connectivity index (χ0n) is 16.4. The van der Waals surface area contributed by atoms with Crippen molar-refractivity contribution >= 4 is 45.5 Å². The molecular formula is C20H22ClN5OS. The van der Waals surface area contributed by atoms with Gasteiger partial charge in [0.15, 0.2) is 5.13 Å². The lowest BCUT2D eigenvalue weighted by atomic mass is 9.92. The van der Waals surface area contributed by atoms with Crippen LogP contribution in [0.25, 0.3) is 0 Å². The molecule has 0 fully saturated rings. The number of carbonyl (C=O) groups excluding carboxylic acids is 1. The predicted molar refractivity (Wildman–Crippen MR) is 115 cm³/mol. The summed E-state index contributed by atoms with van der Waals surface area (Å²) in [6, 6.07) is 7.39. The molecule has 1 aromatic carbocycles. The second-order valence-corrected chi connectivity index (χ2v) is 8.91. The van der Waals surface area contributed by atoms with Crippen LogP contribution in [0.4, 0.5) is 16.6 Å². The zero-order valence-corrected chi connectivity index (χ0v) is 18.0. The monoisotopic (exact) mass is 415 g/mol. The predicted octanol–water partition coefficient (Wildman–Crippen LogP) is 5.50. The molecule has 6 nitrogen and oxygen atoms in total. The SMILES string of the molecule is Cc1nc(Nc2ncc(C(=O)Nc3c(C)cccc3Cl)s2)cc(C(C)(C)C)n1. The zero-order chi connectivity index (χ0) is 20.5. The van der Waals surface area contributed by atoms with Crippen molar-refractivity contribution < 1.29 is 4.79 Å². The van der Waals surface area contributed by atoms with Gasteiger partial charge >= 0.3 is 0 Å². The fourth-order valence-electron chi connectivity index (χ4n) is 2.53. The Labute approximate surface area is 173 Å². The maximum Gasteiger partial charge on any atom is 0.267 e. The number of hydrogen-bond donors (Lipinski definition) is 2. The number of anilines is 3. The van der Waals surface area contributed by atoms with Crippen LogP contribution >= 0.6 is 22.9 Å². The van der Waals surface area contributed by atoms with Crippen LogP contribution in [0.5, 0.6) is 0 Å². The Morgan fingerprint density at radius 3 is 2.61 bits per heavy atom. The Morgan fingerprint density at radius 2 is 1.93 bits per heavy atom. The van der Waals surface area contributed by atoms with Crippen LogP contribution in [0.15, 0.2) is 30.5 Å². The molecule has 0 saturated carbocycles. The van der Waals surface area contributed by atoms with Gasteiger partial charge in [0.25, 0.3) is 5.91 Å². The van der Waals surface area contributed by atoms with Gasteiger partial charge in [-0.25, -0.2) is 15.0 Å². The Kier molecular flexibility index (Phi) is 5.67. The van der Waals surface area contributed by atoms with Gasteiger partial charge in [0, 0.05) is 11.5 Å². The number of aryl methyl sites for hydroxylation is 2. The average molecular weight is 416 g/mol. The van der Waals surface area contributed by atoms with Crippen LogP contribution in [0, 0.1) is 13.8 Å². The third-order valence-electron chi connectivity index (χ3n) is 4.03. The molecule has 0 aliphatic heterocycles. The number of amides is 1. The highest BCUT2D eigenvalue weighted by Gasteiger charge is 2.18. The van der Waals surface area contributed by atoms with Crippen LogP contribution in [0.1, 0.15) is 47.5 Å². The third kappa shape index (κ3) is 4.66. The molecule has 146 valence electrons. The van der Waals surface area contributed by atoms with Gasteiger partial charge in [-0.05, 0) is 25.5 Å². The van der Waals surface area contributed by atoms with E-state index in [4.69, 9.17) is 11.6 Å². The number of carbonyl (C=O) groups is 1. The Hall–Kier alpha value is -2.51. The molecule has 0 atom stereocenters. The number of nitrogens with zero attached hydrogens (tertiary/aromatic N) is 3. The quantitative estimate of drug-likeness (QED) is 0.588. The first-order chi connectivity index (χ1) is 13.1. The van der Waals surface area contributed by atoms with E-state index >= 15 is 0 Å². The van der Waals surface area contributed by atoms with Crippen molar-refractivity contribution in [2.45, 2.75) is 40.0 Å². The van der Waals surface area contributed by atoms with Gasteiger partial charge in [0.05, 0.1) is 22.6 Å². The molecule has 0 aliphatic carbocycles. The molecule has 28 heavy (non-hydrogen) atoms. The van der Waals surface area contributed by atoms with Gasteiger partial charge in [0.2, 0.25) is 0 Å². The highest BCUT2D eigenvalue weighted by molar-refractivity contribution is 7.17. The van der Waals surface area contributed by atoms with Crippen LogP contribution in [-0.2, 0) is 5.41 Å². The number of nitrogens with one attached hydrogen (secondary N) is 2. The summed E-state index contributed by atoms with van der Waals surface area (Å²) in [6.07, 6.45) is 1.53. The molecule has 0 spiro atoms. The Bertz CT molecular complexity index is 1010. The highest BCUT2D eigenvalue weighted by atomic mass is 35.5. The number of rotatable bonds is 4. The molecule has 3 aromatic rings. The number of benzene rings is 1. The largest absolute Gasteiger partial charge is 0.320 e. The standard InChI is InChI=1S/C20H22ClN5OS/c1-11-7-6-8-13(21)17(11)26-18(27)14-10-22-19(28-14)25-16-9-15(20(3,4)5)23-12(2)24-16/h6-10H,1-5H3,(H,26,27)(H,22,23,24,25). The summed E-state index contributed by atoms with van der Waals surface area (Å²) < 4.78 is 0. The first-order valence-corrected chi connectivity index (χ1v) is 9.98. The van der Waals surface area contributed by atoms with Crippen molar-refractivity contribution in [3.63, 3.8) is 0 Å². The number of halogens is 1. The van der Waals surface area contributed by atoms with Gasteiger partial charge in [0.1, 0.15) is 16.5 Å². The normalized spacial score (nSPS) is 11.4. The average Bonchev–Trinajstić information content (AvgIpc) is 3.05. The summed E-state index contributed by atoms with van der Waals surface area (Å²) in [5, 5.41) is 7.11. The van der Waals surface area contributed by atoms with Crippen molar-refractivity contribution in [3.05, 3.63) is 57.4 Å². The van der Waals surface area contributed by atoms with E-state index < -0.39 is 0 Å². The van der Waals surface area contributed by atoms with Gasteiger partial charge in [-0.2, -0.15) is 0 Å². The first-order valence-electron chi connectivity index (χ1n) is 8.79. The maximum atomic E-state index is 12.6. The molecule has 0 radical (unpaired) electrons. The number of aromatic nitrogens is 3. The van der Waals surface area contributed by atoms with E-state index in [0.717, 1.165) is 11.3 Å². The molecule has 3 rings (SSSR count). The third-order valence-corrected chi connectivity index (χ3v) is 5.26. The minimum absolute atomic E-state index is 0.0924. The van der Waals surface area contributed by atoms with Crippen molar-refractivity contribution in [1.29, 1.82) is 0 Å². The topological polar surface area (TPSA) is 79.8 Å². The lowest BCUT2D eigenvalue weighted by Gasteiger charge is -2.18. The second kappa shape index (κ2) is 7.85. The lowest BCUT2D eigenvalue weighted by Crippen LogP contribution is -2.15. The van der Waals surface area contributed by atoms with E-state index in [-0.39, 0.29) is 11.3 Å². The van der Waals surface area contributed by atoms with Crippen molar-refractivity contribution in [1.82, 2.24) is 15.0 Å². The van der Waals surface area contributed by atoms with E-state index in [1.807, 2.05) is 32.0 Å². The molecule has 0 bridgehead atoms. The molecule has 8 heteroatoms. The van der Waals surface area contributed by atoms with E-state index in [0.29, 0.717) is 32.4 Å². The summed E-state index contributed by atoms with van der Waals surface area (Å²) in [7, 11) is 0. The number of para-hydroxylation sites is 1. The minimum Gasteiger partial charge on any atom is -0.320 e. The van der Waals surface area contributed by atoms with Crippen molar-refractivity contribution in [2.24, 2.45) is 0 Å². The van der Waals surface area contributed by atoms with Crippen LogP contribution in [0.2, 0.25) is 5.02 Å². The summed E-state index contributed by atoms with van der Waals surface area (Å²) in [6.45, 7) is 10.0. The van der Waals surface area contributed by atoms with Gasteiger partial charge < -0.3 is 10.6 Å². The Morgan fingerprint density at radius 1 is 1.18 bits per heavy atom. The smallest absolute Gasteiger partial charge is 0.267 e. The van der Waals surface area contributed by atoms with Crippen molar-refractivity contribution in [3.8, 4) is 0 Å². The summed E-state index contributed by atoms with van der Waals surface area (Å²) in [5.74, 6) is 1.08. The fourth-order valence-corrected chi connectivity index (χ4v) is 3.52. The van der Waals surface area contributed by atoms with Crippen LogP contribution in [0.3, 0.4) is 0 Å². The maximum absolute atomic E-state index is 12.6. The van der Waals surface area contributed by atoms with Gasteiger partial charge in [-0.1, -0.05) is 55.8 Å². The molecule has 0 saturated heterocycles. The van der Waals surface area contributed by atoms with E-state index in [9.17, 15) is 4.79 Å². The minimum atomic E-state index is -0.254. The highest BCUT2D eigenvalue weighted by Crippen LogP contribution is 2.28. The summed E-state index contributed by atoms with van der Waals surface area (Å²) in [4.78, 5) is 26.3. The molecular weight excluding hydrogens is 394 g/mol. The van der Waals surface area contributed by atoms with Gasteiger partial charge in [-0.15, -0.1) is 0 Å². The van der Waals surface area contributed by atoms with E-state index in [2.05, 4.69) is 46.4 Å². The number of thiazole rings is 1. The lowest BCUT2D eigenvalue weighted by molar-refractivity contribution is 0.103. The molecule has 2 heterocycles. The van der Waals surface area contributed by atoms with E-state index in [1.54, 1.807) is 6.07 Å². The molecule has 2 aromatic heterocycles. The second-order valence-electron chi connectivity index (χ2n) is 7.48. The first kappa shape index (κ1) is 20.2. The molecule has 0 unspecified atom stereocenters. The van der Waals surface area contributed by atoms with Crippen molar-refractivity contribution in [2.75, 3.05) is 10.6 Å². The summed E-state index contributed by atoms with van der Waals surface area (Å²) in [5.41, 5.74) is 2.35. The van der Waals surface area contributed by atoms with Crippen LogP contribution in [-0.4, -0.2) is 20.9 Å². The molecule has 1 amide bonds. The van der Waals surface area contributed by atoms with Crippen LogP contribution < -0.4 is 10.6 Å². The van der Waals surface area contributed by atoms with Gasteiger partial charge in [-0.3, -0.25) is 4.79 Å². The molecule has 2 N–H and O–H groups in total. The number of hydrogen-bond acceptors (Lipinski definition) is 6.